The van der Waals surface area contributed by atoms with E-state index in [9.17, 15) is 19.8 Å². The van der Waals surface area contributed by atoms with E-state index in [-0.39, 0.29) is 18.5 Å². The molecule has 0 fully saturated rings. The van der Waals surface area contributed by atoms with Crippen molar-refractivity contribution in [3.8, 4) is 0 Å². The lowest BCUT2D eigenvalue weighted by Gasteiger charge is -2.20. The first kappa shape index (κ1) is 85.1. The number of rotatable bonds is 75. The van der Waals surface area contributed by atoms with Gasteiger partial charge in [0, 0.05) is 12.8 Å². The van der Waals surface area contributed by atoms with E-state index in [2.05, 4.69) is 43.5 Å². The highest BCUT2D eigenvalue weighted by Gasteiger charge is 2.18. The van der Waals surface area contributed by atoms with Crippen molar-refractivity contribution < 1.29 is 24.5 Å². The molecule has 0 aromatic heterocycles. The Morgan fingerprint density at radius 1 is 0.322 bits per heavy atom. The first-order valence-corrected chi connectivity index (χ1v) is 39.8. The number of hydrogen-bond acceptors (Lipinski definition) is 5. The molecule has 2 atom stereocenters. The van der Waals surface area contributed by atoms with Crippen LogP contribution in [0.5, 0.6) is 0 Å². The van der Waals surface area contributed by atoms with Gasteiger partial charge in [0.05, 0.1) is 25.4 Å². The van der Waals surface area contributed by atoms with Gasteiger partial charge in [0.25, 0.3) is 0 Å². The summed E-state index contributed by atoms with van der Waals surface area (Å²) in [6.45, 7) is 4.95. The number of carbonyl (C=O) groups is 2. The Hall–Kier alpha value is -1.92. The first-order valence-electron chi connectivity index (χ1n) is 39.8. The second-order valence-corrected chi connectivity index (χ2v) is 27.4. The Balaban J connectivity index is 3.37. The van der Waals surface area contributed by atoms with Gasteiger partial charge >= 0.3 is 5.97 Å². The van der Waals surface area contributed by atoms with Crippen LogP contribution in [0.25, 0.3) is 0 Å². The SMILES string of the molecule is CCCCCCCCCCCCCCCCCCC/C=C/C(O)C(CO)NC(=O)CCCCCCCCCCCCCCCCCCC/C=C\C/C=C\CCCCCCCCCCCCCCCCCOC(=O)CCCCCCCCCCCCCC. The third-order valence-electron chi connectivity index (χ3n) is 18.7. The zero-order valence-corrected chi connectivity index (χ0v) is 59.0. The molecule has 0 aromatic rings. The minimum atomic E-state index is -0.843. The van der Waals surface area contributed by atoms with E-state index in [1.54, 1.807) is 6.08 Å². The molecule has 2 unspecified atom stereocenters. The molecular weight excluding hydrogens is 1070 g/mol. The highest BCUT2D eigenvalue weighted by Crippen LogP contribution is 2.20. The minimum Gasteiger partial charge on any atom is -0.466 e. The molecule has 0 saturated heterocycles. The summed E-state index contributed by atoms with van der Waals surface area (Å²) >= 11 is 0. The monoisotopic (exact) mass is 1220 g/mol. The van der Waals surface area contributed by atoms with Crippen LogP contribution in [0.3, 0.4) is 0 Å². The molecule has 6 nitrogen and oxygen atoms in total. The van der Waals surface area contributed by atoms with Gasteiger partial charge in [-0.05, 0) is 64.2 Å². The number of ether oxygens (including phenoxy) is 1. The maximum Gasteiger partial charge on any atom is 0.305 e. The lowest BCUT2D eigenvalue weighted by atomic mass is 10.0. The molecule has 0 rings (SSSR count). The Labute approximate surface area is 544 Å². The van der Waals surface area contributed by atoms with E-state index in [4.69, 9.17) is 4.74 Å². The van der Waals surface area contributed by atoms with Gasteiger partial charge in [-0.1, -0.05) is 403 Å². The van der Waals surface area contributed by atoms with Crippen LogP contribution < -0.4 is 5.32 Å². The summed E-state index contributed by atoms with van der Waals surface area (Å²) in [7, 11) is 0. The van der Waals surface area contributed by atoms with Crippen molar-refractivity contribution in [2.24, 2.45) is 0 Å². The molecule has 0 bridgehead atoms. The number of aliphatic hydroxyl groups is 2. The number of carbonyl (C=O) groups excluding carboxylic acids is 2. The van der Waals surface area contributed by atoms with Gasteiger partial charge in [-0.2, -0.15) is 0 Å². The van der Waals surface area contributed by atoms with Gasteiger partial charge in [0.15, 0.2) is 0 Å². The molecule has 0 spiro atoms. The summed E-state index contributed by atoms with van der Waals surface area (Å²) in [6.07, 6.45) is 99.9. The Morgan fingerprint density at radius 2 is 0.575 bits per heavy atom. The van der Waals surface area contributed by atoms with Crippen molar-refractivity contribution in [3.05, 3.63) is 36.5 Å². The first-order chi connectivity index (χ1) is 43.0. The third-order valence-corrected chi connectivity index (χ3v) is 18.7. The van der Waals surface area contributed by atoms with Gasteiger partial charge in [-0.3, -0.25) is 9.59 Å². The summed E-state index contributed by atoms with van der Waals surface area (Å²) in [4.78, 5) is 24.6. The average Bonchev–Trinajstić information content (AvgIpc) is 3.53. The molecule has 0 aromatic carbocycles. The van der Waals surface area contributed by atoms with Gasteiger partial charge in [0.2, 0.25) is 5.91 Å². The summed E-state index contributed by atoms with van der Waals surface area (Å²) in [5.74, 6) is -0.0394. The molecule has 3 N–H and O–H groups in total. The maximum atomic E-state index is 12.5. The number of aliphatic hydroxyl groups excluding tert-OH is 2. The van der Waals surface area contributed by atoms with E-state index < -0.39 is 12.1 Å². The second kappa shape index (κ2) is 76.5. The molecule has 0 aliphatic heterocycles. The zero-order valence-electron chi connectivity index (χ0n) is 59.0. The smallest absolute Gasteiger partial charge is 0.305 e. The number of hydrogen-bond donors (Lipinski definition) is 3. The molecule has 87 heavy (non-hydrogen) atoms. The lowest BCUT2D eigenvalue weighted by Crippen LogP contribution is -2.45. The van der Waals surface area contributed by atoms with Crippen LogP contribution in [-0.2, 0) is 14.3 Å². The Morgan fingerprint density at radius 3 is 0.874 bits per heavy atom. The molecule has 0 aliphatic rings. The third kappa shape index (κ3) is 73.0. The zero-order chi connectivity index (χ0) is 62.8. The van der Waals surface area contributed by atoms with Crippen LogP contribution >= 0.6 is 0 Å². The number of allylic oxidation sites excluding steroid dienone is 5. The fourth-order valence-electron chi connectivity index (χ4n) is 12.6. The molecule has 0 radical (unpaired) electrons. The van der Waals surface area contributed by atoms with Crippen LogP contribution in [0.15, 0.2) is 36.5 Å². The topological polar surface area (TPSA) is 95.9 Å². The number of unbranched alkanes of at least 4 members (excludes halogenated alkanes) is 60. The summed E-state index contributed by atoms with van der Waals surface area (Å²) in [5, 5.41) is 23.3. The van der Waals surface area contributed by atoms with Gasteiger partial charge in [0.1, 0.15) is 0 Å². The number of amides is 1. The largest absolute Gasteiger partial charge is 0.466 e. The van der Waals surface area contributed by atoms with Crippen molar-refractivity contribution in [1.29, 1.82) is 0 Å². The van der Waals surface area contributed by atoms with E-state index in [0.29, 0.717) is 19.4 Å². The van der Waals surface area contributed by atoms with Crippen molar-refractivity contribution in [2.75, 3.05) is 13.2 Å². The predicted molar refractivity (Wildman–Crippen MR) is 384 cm³/mol. The molecule has 0 heterocycles. The molecule has 1 amide bonds. The summed E-state index contributed by atoms with van der Waals surface area (Å²) in [5.41, 5.74) is 0. The highest BCUT2D eigenvalue weighted by molar-refractivity contribution is 5.76. The normalized spacial score (nSPS) is 12.6. The average molecular weight is 1220 g/mol. The van der Waals surface area contributed by atoms with Crippen molar-refractivity contribution in [2.45, 2.75) is 456 Å². The van der Waals surface area contributed by atoms with E-state index in [0.717, 1.165) is 44.9 Å². The van der Waals surface area contributed by atoms with Crippen LogP contribution in [0.4, 0.5) is 0 Å². The molecule has 0 aliphatic carbocycles. The minimum absolute atomic E-state index is 0.0214. The van der Waals surface area contributed by atoms with E-state index in [1.165, 1.54) is 372 Å². The van der Waals surface area contributed by atoms with Crippen molar-refractivity contribution in [3.63, 3.8) is 0 Å². The quantitative estimate of drug-likeness (QED) is 0.0320. The van der Waals surface area contributed by atoms with Crippen molar-refractivity contribution >= 4 is 11.9 Å². The fourth-order valence-corrected chi connectivity index (χ4v) is 12.6. The van der Waals surface area contributed by atoms with E-state index in [1.807, 2.05) is 6.08 Å². The molecule has 514 valence electrons. The summed E-state index contributed by atoms with van der Waals surface area (Å²) < 4.78 is 5.49. The van der Waals surface area contributed by atoms with Gasteiger partial charge in [-0.15, -0.1) is 0 Å². The fraction of sp³-hybridized carbons (Fsp3) is 0.901. The molecule has 0 saturated carbocycles. The van der Waals surface area contributed by atoms with Gasteiger partial charge < -0.3 is 20.3 Å². The standard InChI is InChI=1S/C81H155NO5/c1-3-5-7-9-11-13-15-17-18-19-41-44-47-50-53-57-61-65-69-73-79(84)78(77-83)82-80(85)74-70-66-62-58-54-51-48-45-42-39-37-35-33-31-29-27-25-23-21-20-22-24-26-28-30-32-34-36-38-40-43-46-49-52-56-60-64-68-72-76-87-81(86)75-71-67-63-59-55-16-14-12-10-8-6-4-2/h20-21,24,26,69,73,78-79,83-84H,3-19,22-23,25,27-68,70-72,74-77H2,1-2H3,(H,82,85)/b21-20-,26-24-,73-69+. The van der Waals surface area contributed by atoms with Crippen LogP contribution in [0.1, 0.15) is 444 Å². The van der Waals surface area contributed by atoms with Crippen molar-refractivity contribution in [1.82, 2.24) is 5.32 Å². The van der Waals surface area contributed by atoms with Gasteiger partial charge in [-0.25, -0.2) is 0 Å². The molecule has 6 heteroatoms. The number of esters is 1. The van der Waals surface area contributed by atoms with E-state index >= 15 is 0 Å². The number of nitrogens with one attached hydrogen (secondary N) is 1. The lowest BCUT2D eigenvalue weighted by molar-refractivity contribution is -0.143. The predicted octanol–water partition coefficient (Wildman–Crippen LogP) is 26.2. The van der Waals surface area contributed by atoms with Crippen LogP contribution in [-0.4, -0.2) is 47.4 Å². The maximum absolute atomic E-state index is 12.5. The Kier molecular flexibility index (Phi) is 74.8. The second-order valence-electron chi connectivity index (χ2n) is 27.4. The van der Waals surface area contributed by atoms with Crippen LogP contribution in [0, 0.1) is 0 Å². The molecular formula is C81H155NO5. The Bertz CT molecular complexity index is 1410. The van der Waals surface area contributed by atoms with Crippen LogP contribution in [0.2, 0.25) is 0 Å². The summed E-state index contributed by atoms with van der Waals surface area (Å²) in [6, 6.07) is -0.626. The highest BCUT2D eigenvalue weighted by atomic mass is 16.5.